The van der Waals surface area contributed by atoms with Gasteiger partial charge in [-0.15, -0.1) is 0 Å². The zero-order valence-corrected chi connectivity index (χ0v) is 17.5. The first kappa shape index (κ1) is 22.6. The fourth-order valence-corrected chi connectivity index (χ4v) is 5.68. The van der Waals surface area contributed by atoms with Gasteiger partial charge >= 0.3 is 5.97 Å². The van der Waals surface area contributed by atoms with Gasteiger partial charge in [-0.25, -0.2) is 0 Å². The van der Waals surface area contributed by atoms with Crippen LogP contribution in [0.2, 0.25) is 25.7 Å². The van der Waals surface area contributed by atoms with Gasteiger partial charge in [0, 0.05) is 31.4 Å². The number of azide groups is 2. The van der Waals surface area contributed by atoms with Gasteiger partial charge in [0.05, 0.1) is 5.54 Å². The van der Waals surface area contributed by atoms with Crippen LogP contribution in [0.1, 0.15) is 25.3 Å². The molecule has 0 saturated carbocycles. The Morgan fingerprint density at radius 1 is 1.22 bits per heavy atom. The van der Waals surface area contributed by atoms with E-state index >= 15 is 0 Å². The first-order valence-corrected chi connectivity index (χ1v) is 12.7. The van der Waals surface area contributed by atoms with Crippen molar-refractivity contribution in [1.82, 2.24) is 0 Å². The topological polar surface area (TPSA) is 124 Å². The van der Waals surface area contributed by atoms with Crippen LogP contribution in [0, 0.1) is 0 Å². The summed E-state index contributed by atoms with van der Waals surface area (Å²) in [6.45, 7) is 7.91. The number of nitrogens with zero attached hydrogens (tertiary/aromatic N) is 6. The van der Waals surface area contributed by atoms with Crippen LogP contribution in [0.3, 0.4) is 0 Å². The molecule has 2 atom stereocenters. The summed E-state index contributed by atoms with van der Waals surface area (Å²) in [7, 11) is -1.66. The van der Waals surface area contributed by atoms with E-state index in [1.165, 1.54) is 6.92 Å². The summed E-state index contributed by atoms with van der Waals surface area (Å²) in [6, 6.07) is 10.6. The van der Waals surface area contributed by atoms with Crippen molar-refractivity contribution in [2.75, 3.05) is 6.54 Å². The van der Waals surface area contributed by atoms with E-state index in [1.807, 2.05) is 30.3 Å². The average molecular weight is 389 g/mol. The number of benzene rings is 1. The van der Waals surface area contributed by atoms with E-state index in [2.05, 4.69) is 39.7 Å². The van der Waals surface area contributed by atoms with Crippen LogP contribution >= 0.6 is 0 Å². The van der Waals surface area contributed by atoms with Crippen LogP contribution in [0.4, 0.5) is 0 Å². The quantitative estimate of drug-likeness (QED) is 0.160. The molecule has 0 heterocycles. The Morgan fingerprint density at radius 3 is 2.41 bits per heavy atom. The maximum atomic E-state index is 11.6. The Kier molecular flexibility index (Phi) is 8.88. The highest BCUT2D eigenvalue weighted by molar-refractivity contribution is 6.76. The van der Waals surface area contributed by atoms with Crippen LogP contribution in [-0.4, -0.2) is 32.2 Å². The second-order valence-electron chi connectivity index (χ2n) is 8.00. The fourth-order valence-electron chi connectivity index (χ4n) is 3.38. The summed E-state index contributed by atoms with van der Waals surface area (Å²) in [6.07, 6.45) is 1.26. The Labute approximate surface area is 161 Å². The molecule has 0 fully saturated rings. The van der Waals surface area contributed by atoms with E-state index in [4.69, 9.17) is 15.8 Å². The van der Waals surface area contributed by atoms with E-state index in [1.54, 1.807) is 0 Å². The molecular formula is C18H28N6O2Si. The Hall–Kier alpha value is -2.47. The molecule has 1 aromatic rings. The third kappa shape index (κ3) is 9.15. The lowest BCUT2D eigenvalue weighted by Crippen LogP contribution is -2.42. The molecule has 8 nitrogen and oxygen atoms in total. The number of aryl methyl sites for hydroxylation is 1. The molecule has 27 heavy (non-hydrogen) atoms. The molecule has 0 saturated heterocycles. The van der Waals surface area contributed by atoms with E-state index < -0.39 is 19.7 Å². The fraction of sp³-hybridized carbons (Fsp3) is 0.611. The molecule has 0 aliphatic rings. The number of carbonyl (C=O) groups excluding carboxylic acids is 1. The molecule has 0 radical (unpaired) electrons. The lowest BCUT2D eigenvalue weighted by Gasteiger charge is -2.35. The summed E-state index contributed by atoms with van der Waals surface area (Å²) in [5.74, 6) is -0.375. The first-order valence-electron chi connectivity index (χ1n) is 8.98. The van der Waals surface area contributed by atoms with Gasteiger partial charge in [0.25, 0.3) is 0 Å². The minimum atomic E-state index is -1.66. The molecule has 0 aromatic heterocycles. The zero-order chi connectivity index (χ0) is 20.3. The zero-order valence-electron chi connectivity index (χ0n) is 16.5. The average Bonchev–Trinajstić information content (AvgIpc) is 2.57. The van der Waals surface area contributed by atoms with Gasteiger partial charge in [-0.2, -0.15) is 0 Å². The minimum Gasteiger partial charge on any atom is -0.463 e. The van der Waals surface area contributed by atoms with E-state index in [0.29, 0.717) is 18.9 Å². The molecule has 146 valence electrons. The largest absolute Gasteiger partial charge is 0.463 e. The highest BCUT2D eigenvalue weighted by atomic mass is 28.3. The predicted molar refractivity (Wildman–Crippen MR) is 109 cm³/mol. The highest BCUT2D eigenvalue weighted by Gasteiger charge is 2.37. The molecule has 1 aromatic carbocycles. The van der Waals surface area contributed by atoms with Crippen LogP contribution in [0.25, 0.3) is 20.9 Å². The summed E-state index contributed by atoms with van der Waals surface area (Å²) < 4.78 is 5.53. The molecule has 0 amide bonds. The lowest BCUT2D eigenvalue weighted by atomic mass is 9.92. The Balaban J connectivity index is 3.08. The third-order valence-electron chi connectivity index (χ3n) is 4.08. The van der Waals surface area contributed by atoms with Crippen LogP contribution in [0.5, 0.6) is 0 Å². The van der Waals surface area contributed by atoms with Crippen molar-refractivity contribution in [2.24, 2.45) is 10.2 Å². The Bertz CT molecular complexity index is 708. The number of ether oxygens (including phenoxy) is 1. The SMILES string of the molecule is CC(=O)OC(CCc1ccccc1)CC(CN=[N+]=[N-])(C[Si](C)(C)C)N=[N+]=[N-]. The van der Waals surface area contributed by atoms with Gasteiger partial charge in [-0.05, 0) is 41.9 Å². The molecule has 0 aliphatic carbocycles. The predicted octanol–water partition coefficient (Wildman–Crippen LogP) is 5.64. The third-order valence-corrected chi connectivity index (χ3v) is 5.80. The second-order valence-corrected chi connectivity index (χ2v) is 13.5. The van der Waals surface area contributed by atoms with Gasteiger partial charge in [0.15, 0.2) is 0 Å². The molecular weight excluding hydrogens is 360 g/mol. The van der Waals surface area contributed by atoms with Gasteiger partial charge in [-0.1, -0.05) is 60.2 Å². The van der Waals surface area contributed by atoms with Crippen LogP contribution in [0.15, 0.2) is 40.6 Å². The van der Waals surface area contributed by atoms with E-state index in [9.17, 15) is 4.79 Å². The maximum absolute atomic E-state index is 11.6. The summed E-state index contributed by atoms with van der Waals surface area (Å²) in [4.78, 5) is 17.5. The summed E-state index contributed by atoms with van der Waals surface area (Å²) in [5.41, 5.74) is 18.2. The smallest absolute Gasteiger partial charge is 0.302 e. The van der Waals surface area contributed by atoms with Gasteiger partial charge in [-0.3, -0.25) is 4.79 Å². The van der Waals surface area contributed by atoms with Gasteiger partial charge in [0.2, 0.25) is 0 Å². The van der Waals surface area contributed by atoms with Crippen molar-refractivity contribution in [2.45, 2.75) is 63.5 Å². The second kappa shape index (κ2) is 10.6. The van der Waals surface area contributed by atoms with Gasteiger partial charge in [0.1, 0.15) is 6.10 Å². The first-order chi connectivity index (χ1) is 12.7. The molecule has 0 aliphatic heterocycles. The van der Waals surface area contributed by atoms with E-state index in [0.717, 1.165) is 12.0 Å². The number of carbonyl (C=O) groups is 1. The number of hydrogen-bond acceptors (Lipinski definition) is 4. The lowest BCUT2D eigenvalue weighted by molar-refractivity contribution is -0.147. The summed E-state index contributed by atoms with van der Waals surface area (Å²) in [5, 5.41) is 7.73. The molecule has 0 N–H and O–H groups in total. The molecule has 1 rings (SSSR count). The molecule has 0 spiro atoms. The van der Waals surface area contributed by atoms with Crippen molar-refractivity contribution in [3.05, 3.63) is 56.8 Å². The summed E-state index contributed by atoms with van der Waals surface area (Å²) >= 11 is 0. The van der Waals surface area contributed by atoms with Crippen molar-refractivity contribution < 1.29 is 9.53 Å². The molecule has 0 bridgehead atoms. The molecule has 2 unspecified atom stereocenters. The molecule has 9 heteroatoms. The van der Waals surface area contributed by atoms with Gasteiger partial charge < -0.3 is 4.74 Å². The van der Waals surface area contributed by atoms with Crippen molar-refractivity contribution in [3.8, 4) is 0 Å². The maximum Gasteiger partial charge on any atom is 0.302 e. The standard InChI is InChI=1S/C18H28N6O2Si/c1-15(25)26-17(11-10-16-8-6-5-7-9-16)12-18(22-24-20,13-21-23-19)14-27(2,3)4/h5-9,17H,10-14H2,1-4H3. The van der Waals surface area contributed by atoms with E-state index in [-0.39, 0.29) is 12.5 Å². The van der Waals surface area contributed by atoms with Crippen molar-refractivity contribution in [1.29, 1.82) is 0 Å². The van der Waals surface area contributed by atoms with Crippen molar-refractivity contribution in [3.63, 3.8) is 0 Å². The minimum absolute atomic E-state index is 0.0565. The monoisotopic (exact) mass is 388 g/mol. The normalized spacial score (nSPS) is 14.2. The Morgan fingerprint density at radius 2 is 1.89 bits per heavy atom. The van der Waals surface area contributed by atoms with Crippen LogP contribution < -0.4 is 0 Å². The highest BCUT2D eigenvalue weighted by Crippen LogP contribution is 2.32. The number of esters is 1. The van der Waals surface area contributed by atoms with Crippen LogP contribution in [-0.2, 0) is 16.0 Å². The van der Waals surface area contributed by atoms with Crippen molar-refractivity contribution >= 4 is 14.0 Å². The number of rotatable bonds is 11. The number of hydrogen-bond donors (Lipinski definition) is 0.